The Morgan fingerprint density at radius 1 is 1.05 bits per heavy atom. The van der Waals surface area contributed by atoms with Crippen molar-refractivity contribution in [2.45, 2.75) is 33.1 Å². The highest BCUT2D eigenvalue weighted by molar-refractivity contribution is 6.30. The van der Waals surface area contributed by atoms with Crippen molar-refractivity contribution in [2.75, 3.05) is 37.6 Å². The molecule has 1 aliphatic carbocycles. The number of fused-ring (bicyclic) bond motifs is 1. The maximum absolute atomic E-state index is 12.2. The Morgan fingerprint density at radius 3 is 2.59 bits per heavy atom. The summed E-state index contributed by atoms with van der Waals surface area (Å²) in [6.45, 7) is 9.44. The van der Waals surface area contributed by atoms with Crippen molar-refractivity contribution in [2.24, 2.45) is 11.1 Å². The summed E-state index contributed by atoms with van der Waals surface area (Å²) in [5.74, 6) is 0.561. The second-order valence-electron chi connectivity index (χ2n) is 11.9. The lowest BCUT2D eigenvalue weighted by molar-refractivity contribution is 0.0998. The molecule has 0 atom stereocenters. The third-order valence-electron chi connectivity index (χ3n) is 8.43. The van der Waals surface area contributed by atoms with E-state index in [0.29, 0.717) is 22.5 Å². The average Bonchev–Trinajstić information content (AvgIpc) is 3.45. The molecule has 8 heteroatoms. The molecule has 2 heterocycles. The molecule has 4 aromatic rings. The number of hydrogen-bond acceptors (Lipinski definition) is 5. The molecule has 1 aromatic heterocycles. The maximum atomic E-state index is 12.2. The number of piperazine rings is 1. The van der Waals surface area contributed by atoms with Crippen LogP contribution in [0.2, 0.25) is 5.02 Å². The minimum Gasteiger partial charge on any atom is -0.456 e. The third-order valence-corrected chi connectivity index (χ3v) is 8.68. The molecule has 41 heavy (non-hydrogen) atoms. The number of halogens is 1. The Labute approximate surface area is 245 Å². The molecule has 0 radical (unpaired) electrons. The van der Waals surface area contributed by atoms with Crippen LogP contribution >= 0.6 is 11.6 Å². The lowest BCUT2D eigenvalue weighted by atomic mass is 9.72. The number of anilines is 1. The number of H-pyrrole nitrogens is 1. The largest absolute Gasteiger partial charge is 0.456 e. The van der Waals surface area contributed by atoms with Crippen LogP contribution < -0.4 is 15.4 Å². The molecule has 212 valence electrons. The quantitative estimate of drug-likeness (QED) is 0.253. The SMILES string of the molecule is CC1(C)CCC(CN2CCN(c3ccc(C(N)=O)c(Oc4cccc5[nH]ncc45)c3)CC2)=C(c2ccc(Cl)cc2)C1. The van der Waals surface area contributed by atoms with Crippen molar-refractivity contribution >= 4 is 39.7 Å². The van der Waals surface area contributed by atoms with Gasteiger partial charge in [0.25, 0.3) is 5.91 Å². The molecule has 1 aliphatic heterocycles. The minimum atomic E-state index is -0.517. The highest BCUT2D eigenvalue weighted by Gasteiger charge is 2.29. The van der Waals surface area contributed by atoms with E-state index in [1.807, 2.05) is 42.5 Å². The van der Waals surface area contributed by atoms with Gasteiger partial charge >= 0.3 is 0 Å². The summed E-state index contributed by atoms with van der Waals surface area (Å²) in [6.07, 6.45) is 5.15. The summed E-state index contributed by atoms with van der Waals surface area (Å²) in [7, 11) is 0. The first kappa shape index (κ1) is 27.4. The Hall–Kier alpha value is -3.81. The van der Waals surface area contributed by atoms with Crippen LogP contribution in [0.1, 0.15) is 49.0 Å². The fraction of sp³-hybridized carbons (Fsp3) is 0.333. The van der Waals surface area contributed by atoms with Crippen molar-refractivity contribution in [3.05, 3.63) is 88.6 Å². The number of primary amides is 1. The van der Waals surface area contributed by atoms with E-state index in [1.54, 1.807) is 17.8 Å². The molecule has 1 fully saturated rings. The van der Waals surface area contributed by atoms with E-state index in [-0.39, 0.29) is 0 Å². The first-order valence-electron chi connectivity index (χ1n) is 14.2. The van der Waals surface area contributed by atoms with Crippen LogP contribution in [0.5, 0.6) is 11.5 Å². The molecule has 1 saturated heterocycles. The fourth-order valence-electron chi connectivity index (χ4n) is 6.04. The number of hydrogen-bond donors (Lipinski definition) is 2. The number of allylic oxidation sites excluding steroid dienone is 1. The van der Waals surface area contributed by atoms with Crippen LogP contribution in [0.4, 0.5) is 5.69 Å². The molecule has 1 amide bonds. The van der Waals surface area contributed by atoms with Crippen LogP contribution in [0, 0.1) is 5.41 Å². The number of aromatic nitrogens is 2. The van der Waals surface area contributed by atoms with Crippen molar-refractivity contribution in [3.8, 4) is 11.5 Å². The Bertz CT molecular complexity index is 1600. The second kappa shape index (κ2) is 11.2. The maximum Gasteiger partial charge on any atom is 0.252 e. The summed E-state index contributed by atoms with van der Waals surface area (Å²) in [6, 6.07) is 19.7. The number of carbonyl (C=O) groups excluding carboxylic acids is 1. The van der Waals surface area contributed by atoms with Crippen molar-refractivity contribution in [1.82, 2.24) is 15.1 Å². The third kappa shape index (κ3) is 5.97. The van der Waals surface area contributed by atoms with E-state index in [2.05, 4.69) is 46.0 Å². The van der Waals surface area contributed by atoms with Crippen LogP contribution in [-0.2, 0) is 0 Å². The van der Waals surface area contributed by atoms with E-state index < -0.39 is 5.91 Å². The van der Waals surface area contributed by atoms with Gasteiger partial charge < -0.3 is 15.4 Å². The number of aromatic amines is 1. The molecule has 2 aliphatic rings. The van der Waals surface area contributed by atoms with Gasteiger partial charge in [-0.25, -0.2) is 0 Å². The topological polar surface area (TPSA) is 87.5 Å². The Morgan fingerprint density at radius 2 is 1.83 bits per heavy atom. The van der Waals surface area contributed by atoms with Crippen molar-refractivity contribution in [1.29, 1.82) is 0 Å². The van der Waals surface area contributed by atoms with Crippen LogP contribution in [-0.4, -0.2) is 53.7 Å². The number of nitrogens with one attached hydrogen (secondary N) is 1. The lowest BCUT2D eigenvalue weighted by Gasteiger charge is -2.39. The minimum absolute atomic E-state index is 0.303. The van der Waals surface area contributed by atoms with Crippen molar-refractivity contribution < 1.29 is 9.53 Å². The number of ether oxygens (including phenoxy) is 1. The zero-order valence-corrected chi connectivity index (χ0v) is 24.4. The predicted molar refractivity (Wildman–Crippen MR) is 166 cm³/mol. The van der Waals surface area contributed by atoms with Gasteiger partial charge in [0.05, 0.1) is 22.7 Å². The second-order valence-corrected chi connectivity index (χ2v) is 12.4. The summed E-state index contributed by atoms with van der Waals surface area (Å²) < 4.78 is 6.26. The normalized spacial score (nSPS) is 17.7. The molecule has 0 saturated carbocycles. The molecular weight excluding hydrogens is 534 g/mol. The summed E-state index contributed by atoms with van der Waals surface area (Å²) >= 11 is 6.19. The van der Waals surface area contributed by atoms with Crippen LogP contribution in [0.25, 0.3) is 16.5 Å². The highest BCUT2D eigenvalue weighted by Crippen LogP contribution is 2.43. The van der Waals surface area contributed by atoms with Crippen LogP contribution in [0.3, 0.4) is 0 Å². The number of rotatable bonds is 7. The van der Waals surface area contributed by atoms with Gasteiger partial charge in [-0.05, 0) is 72.2 Å². The standard InChI is InChI=1S/C33H36ClN5O2/c1-33(2)13-12-23(27(19-33)22-6-8-24(34)9-7-22)21-38-14-16-39(17-15-38)25-10-11-26(32(35)40)31(18-25)41-30-5-3-4-29-28(30)20-36-37-29/h3-11,18,20H,12-17,19,21H2,1-2H3,(H2,35,40)(H,36,37). The number of nitrogens with zero attached hydrogens (tertiary/aromatic N) is 3. The van der Waals surface area contributed by atoms with E-state index in [4.69, 9.17) is 22.1 Å². The monoisotopic (exact) mass is 569 g/mol. The molecule has 6 rings (SSSR count). The number of nitrogens with two attached hydrogens (primary N) is 1. The number of carbonyl (C=O) groups is 1. The van der Waals surface area contributed by atoms with Gasteiger partial charge in [0.2, 0.25) is 0 Å². The van der Waals surface area contributed by atoms with E-state index >= 15 is 0 Å². The molecular formula is C33H36ClN5O2. The Balaban J connectivity index is 1.18. The molecule has 0 spiro atoms. The average molecular weight is 570 g/mol. The van der Waals surface area contributed by atoms with Gasteiger partial charge in [0.1, 0.15) is 11.5 Å². The number of amides is 1. The molecule has 0 bridgehead atoms. The molecule has 3 N–H and O–H groups in total. The van der Waals surface area contributed by atoms with Gasteiger partial charge in [0.15, 0.2) is 0 Å². The number of benzene rings is 3. The highest BCUT2D eigenvalue weighted by atomic mass is 35.5. The van der Waals surface area contributed by atoms with E-state index in [9.17, 15) is 4.79 Å². The van der Waals surface area contributed by atoms with Crippen LogP contribution in [0.15, 0.2) is 72.4 Å². The molecule has 7 nitrogen and oxygen atoms in total. The first-order chi connectivity index (χ1) is 19.8. The van der Waals surface area contributed by atoms with Gasteiger partial charge in [-0.3, -0.25) is 14.8 Å². The summed E-state index contributed by atoms with van der Waals surface area (Å²) in [4.78, 5) is 17.1. The smallest absolute Gasteiger partial charge is 0.252 e. The van der Waals surface area contributed by atoms with E-state index in [0.717, 1.165) is 67.2 Å². The summed E-state index contributed by atoms with van der Waals surface area (Å²) in [5.41, 5.74) is 12.6. The van der Waals surface area contributed by atoms with E-state index in [1.165, 1.54) is 17.6 Å². The fourth-order valence-corrected chi connectivity index (χ4v) is 6.17. The zero-order chi connectivity index (χ0) is 28.6. The van der Waals surface area contributed by atoms with Gasteiger partial charge in [-0.1, -0.05) is 49.2 Å². The summed E-state index contributed by atoms with van der Waals surface area (Å²) in [5, 5.41) is 8.69. The molecule has 0 unspecified atom stereocenters. The zero-order valence-electron chi connectivity index (χ0n) is 23.6. The van der Waals surface area contributed by atoms with Crippen molar-refractivity contribution in [3.63, 3.8) is 0 Å². The Kier molecular flexibility index (Phi) is 7.49. The molecule has 3 aromatic carbocycles. The van der Waals surface area contributed by atoms with Gasteiger partial charge in [-0.2, -0.15) is 5.10 Å². The predicted octanol–water partition coefficient (Wildman–Crippen LogP) is 6.89. The first-order valence-corrected chi connectivity index (χ1v) is 14.6. The van der Waals surface area contributed by atoms with Gasteiger partial charge in [0, 0.05) is 49.5 Å². The van der Waals surface area contributed by atoms with Gasteiger partial charge in [-0.15, -0.1) is 0 Å². The lowest BCUT2D eigenvalue weighted by Crippen LogP contribution is -2.47.